The number of hydrogen-bond acceptors (Lipinski definition) is 4. The van der Waals surface area contributed by atoms with Crippen molar-refractivity contribution >= 4 is 23.2 Å². The van der Waals surface area contributed by atoms with Gasteiger partial charge in [-0.1, -0.05) is 54.6 Å². The van der Waals surface area contributed by atoms with Crippen molar-refractivity contribution in [1.82, 2.24) is 5.32 Å². The Bertz CT molecular complexity index is 817. The molecule has 0 aliphatic rings. The predicted molar refractivity (Wildman–Crippen MR) is 97.2 cm³/mol. The molecule has 1 heterocycles. The van der Waals surface area contributed by atoms with Crippen LogP contribution in [0.1, 0.15) is 26.9 Å². The molecular formula is C20H17NO3S. The monoisotopic (exact) mass is 351 g/mol. The summed E-state index contributed by atoms with van der Waals surface area (Å²) in [5, 5.41) is 4.69. The Labute approximate surface area is 150 Å². The van der Waals surface area contributed by atoms with Gasteiger partial charge >= 0.3 is 5.97 Å². The molecule has 0 aliphatic carbocycles. The molecule has 1 atom stereocenters. The van der Waals surface area contributed by atoms with Crippen molar-refractivity contribution < 1.29 is 14.3 Å². The highest BCUT2D eigenvalue weighted by atomic mass is 32.1. The number of nitrogens with one attached hydrogen (secondary N) is 1. The highest BCUT2D eigenvalue weighted by Gasteiger charge is 2.26. The predicted octanol–water partition coefficient (Wildman–Crippen LogP) is 3.96. The molecule has 1 aromatic heterocycles. The maximum atomic E-state index is 12.6. The molecule has 0 fully saturated rings. The molecule has 5 heteroatoms. The molecule has 4 nitrogen and oxygen atoms in total. The van der Waals surface area contributed by atoms with E-state index in [0.29, 0.717) is 17.0 Å². The molecule has 0 saturated carbocycles. The minimum absolute atomic E-state index is 0.337. The van der Waals surface area contributed by atoms with E-state index in [1.807, 2.05) is 47.8 Å². The van der Waals surface area contributed by atoms with Gasteiger partial charge in [0.05, 0.1) is 10.4 Å². The summed E-state index contributed by atoms with van der Waals surface area (Å²) in [7, 11) is 0. The largest absolute Gasteiger partial charge is 0.443 e. The van der Waals surface area contributed by atoms with E-state index in [1.165, 1.54) is 11.3 Å². The minimum Gasteiger partial charge on any atom is -0.443 e. The van der Waals surface area contributed by atoms with Crippen molar-refractivity contribution in [3.63, 3.8) is 0 Å². The van der Waals surface area contributed by atoms with Gasteiger partial charge in [0.25, 0.3) is 5.91 Å². The van der Waals surface area contributed by atoms with Crippen LogP contribution < -0.4 is 5.32 Å². The molecule has 0 bridgehead atoms. The van der Waals surface area contributed by atoms with E-state index in [1.54, 1.807) is 30.3 Å². The Morgan fingerprint density at radius 3 is 2.24 bits per heavy atom. The van der Waals surface area contributed by atoms with Crippen molar-refractivity contribution in [2.45, 2.75) is 12.6 Å². The minimum atomic E-state index is -0.962. The first kappa shape index (κ1) is 16.9. The van der Waals surface area contributed by atoms with E-state index in [0.717, 1.165) is 5.56 Å². The summed E-state index contributed by atoms with van der Waals surface area (Å²) in [6.45, 7) is 0.379. The topological polar surface area (TPSA) is 55.4 Å². The van der Waals surface area contributed by atoms with Gasteiger partial charge in [0.15, 0.2) is 0 Å². The molecule has 1 N–H and O–H groups in total. The lowest BCUT2D eigenvalue weighted by atomic mass is 10.2. The number of carbonyl (C=O) groups excluding carboxylic acids is 2. The number of benzene rings is 2. The molecule has 1 unspecified atom stereocenters. The summed E-state index contributed by atoms with van der Waals surface area (Å²) in [5.41, 5.74) is 1.40. The van der Waals surface area contributed by atoms with Crippen molar-refractivity contribution in [2.24, 2.45) is 0 Å². The van der Waals surface area contributed by atoms with E-state index < -0.39 is 12.1 Å². The maximum absolute atomic E-state index is 12.6. The van der Waals surface area contributed by atoms with Gasteiger partial charge in [-0.05, 0) is 29.1 Å². The fourth-order valence-corrected chi connectivity index (χ4v) is 3.06. The smallest absolute Gasteiger partial charge is 0.339 e. The summed E-state index contributed by atoms with van der Waals surface area (Å²) in [6.07, 6.45) is -0.962. The number of thiophene rings is 1. The lowest BCUT2D eigenvalue weighted by molar-refractivity contribution is -0.130. The normalized spacial score (nSPS) is 11.5. The third-order valence-electron chi connectivity index (χ3n) is 3.58. The molecule has 0 saturated heterocycles. The molecule has 0 spiro atoms. The molecule has 0 aliphatic heterocycles. The summed E-state index contributed by atoms with van der Waals surface area (Å²) in [6, 6.07) is 21.9. The second kappa shape index (κ2) is 8.26. The first-order valence-corrected chi connectivity index (χ1v) is 8.73. The highest BCUT2D eigenvalue weighted by Crippen LogP contribution is 2.24. The van der Waals surface area contributed by atoms with Crippen LogP contribution in [0.2, 0.25) is 0 Å². The Hall–Kier alpha value is -2.92. The number of carbonyl (C=O) groups is 2. The van der Waals surface area contributed by atoms with Gasteiger partial charge in [-0.15, -0.1) is 11.3 Å². The van der Waals surface area contributed by atoms with Crippen LogP contribution in [0.15, 0.2) is 78.2 Å². The first-order valence-electron chi connectivity index (χ1n) is 7.85. The molecule has 3 aromatic rings. The van der Waals surface area contributed by atoms with Gasteiger partial charge in [-0.25, -0.2) is 4.79 Å². The van der Waals surface area contributed by atoms with Gasteiger partial charge in [0, 0.05) is 6.54 Å². The molecule has 1 amide bonds. The highest BCUT2D eigenvalue weighted by molar-refractivity contribution is 7.10. The fraction of sp³-hybridized carbons (Fsp3) is 0.100. The number of hydrogen-bond donors (Lipinski definition) is 1. The van der Waals surface area contributed by atoms with E-state index >= 15 is 0 Å². The zero-order chi connectivity index (χ0) is 17.5. The molecule has 2 aromatic carbocycles. The molecule has 25 heavy (non-hydrogen) atoms. The Kier molecular flexibility index (Phi) is 5.59. The van der Waals surface area contributed by atoms with Crippen LogP contribution in [-0.2, 0) is 16.1 Å². The zero-order valence-corrected chi connectivity index (χ0v) is 14.2. The van der Waals surface area contributed by atoms with Crippen molar-refractivity contribution in [3.8, 4) is 0 Å². The lowest BCUT2D eigenvalue weighted by Gasteiger charge is -2.16. The summed E-state index contributed by atoms with van der Waals surface area (Å²) < 4.78 is 5.49. The van der Waals surface area contributed by atoms with Crippen LogP contribution in [0, 0.1) is 0 Å². The molecule has 0 radical (unpaired) electrons. The zero-order valence-electron chi connectivity index (χ0n) is 13.4. The average molecular weight is 351 g/mol. The van der Waals surface area contributed by atoms with Crippen LogP contribution in [0.25, 0.3) is 0 Å². The quantitative estimate of drug-likeness (QED) is 0.684. The average Bonchev–Trinajstić information content (AvgIpc) is 3.20. The van der Waals surface area contributed by atoms with Crippen LogP contribution >= 0.6 is 11.3 Å². The van der Waals surface area contributed by atoms with Crippen LogP contribution in [-0.4, -0.2) is 11.9 Å². The van der Waals surface area contributed by atoms with Gasteiger partial charge in [0.1, 0.15) is 0 Å². The van der Waals surface area contributed by atoms with E-state index in [4.69, 9.17) is 4.74 Å². The fourth-order valence-electron chi connectivity index (χ4n) is 2.31. The standard InChI is InChI=1S/C20H17NO3S/c22-19(21-14-15-8-3-1-4-9-15)18(17-12-7-13-25-17)24-20(23)16-10-5-2-6-11-16/h1-13,18H,14H2,(H,21,22). The van der Waals surface area contributed by atoms with Gasteiger partial charge in [0.2, 0.25) is 6.10 Å². The third-order valence-corrected chi connectivity index (χ3v) is 4.50. The molecule has 3 rings (SSSR count). The molecular weight excluding hydrogens is 334 g/mol. The van der Waals surface area contributed by atoms with Gasteiger partial charge in [-0.2, -0.15) is 0 Å². The Morgan fingerprint density at radius 2 is 1.60 bits per heavy atom. The van der Waals surface area contributed by atoms with Gasteiger partial charge < -0.3 is 10.1 Å². The summed E-state index contributed by atoms with van der Waals surface area (Å²) in [4.78, 5) is 25.6. The number of esters is 1. The van der Waals surface area contributed by atoms with Crippen molar-refractivity contribution in [3.05, 3.63) is 94.2 Å². The number of ether oxygens (including phenoxy) is 1. The maximum Gasteiger partial charge on any atom is 0.339 e. The SMILES string of the molecule is O=C(OC(C(=O)NCc1ccccc1)c1cccs1)c1ccccc1. The van der Waals surface area contributed by atoms with Crippen molar-refractivity contribution in [2.75, 3.05) is 0 Å². The van der Waals surface area contributed by atoms with E-state index in [-0.39, 0.29) is 5.91 Å². The second-order valence-electron chi connectivity index (χ2n) is 5.37. The number of rotatable bonds is 6. The number of amides is 1. The van der Waals surface area contributed by atoms with E-state index in [9.17, 15) is 9.59 Å². The second-order valence-corrected chi connectivity index (χ2v) is 6.35. The third kappa shape index (κ3) is 4.55. The summed E-state index contributed by atoms with van der Waals surface area (Å²) in [5.74, 6) is -0.857. The first-order chi connectivity index (χ1) is 12.2. The Balaban J connectivity index is 1.71. The van der Waals surface area contributed by atoms with Gasteiger partial charge in [-0.3, -0.25) is 4.79 Å². The van der Waals surface area contributed by atoms with Crippen LogP contribution in [0.5, 0.6) is 0 Å². The summed E-state index contributed by atoms with van der Waals surface area (Å²) >= 11 is 1.38. The van der Waals surface area contributed by atoms with Crippen LogP contribution in [0.3, 0.4) is 0 Å². The molecule has 126 valence electrons. The van der Waals surface area contributed by atoms with Crippen molar-refractivity contribution in [1.29, 1.82) is 0 Å². The van der Waals surface area contributed by atoms with E-state index in [2.05, 4.69) is 5.32 Å². The Morgan fingerprint density at radius 1 is 0.920 bits per heavy atom. The lowest BCUT2D eigenvalue weighted by Crippen LogP contribution is -2.31. The van der Waals surface area contributed by atoms with Crippen LogP contribution in [0.4, 0.5) is 0 Å².